The zero-order chi connectivity index (χ0) is 11.4. The standard InChI is InChI=1S/C12H19N3O/c13-12(16)11-6-10(7-14-8-11)9-15-4-2-1-3-5-15/h6-7,14H,1-5,8-9H2,(H2,13,16). The molecule has 88 valence electrons. The van der Waals surface area contributed by atoms with Crippen molar-refractivity contribution < 1.29 is 4.79 Å². The molecule has 0 aromatic carbocycles. The van der Waals surface area contributed by atoms with Gasteiger partial charge in [0.25, 0.3) is 0 Å². The van der Waals surface area contributed by atoms with Crippen LogP contribution in [-0.4, -0.2) is 37.0 Å². The van der Waals surface area contributed by atoms with Crippen molar-refractivity contribution in [1.82, 2.24) is 10.2 Å². The first kappa shape index (κ1) is 11.2. The molecule has 0 aromatic heterocycles. The molecule has 2 rings (SSSR count). The molecule has 0 aliphatic carbocycles. The molecule has 1 saturated heterocycles. The van der Waals surface area contributed by atoms with E-state index in [0.717, 1.165) is 25.2 Å². The lowest BCUT2D eigenvalue weighted by Gasteiger charge is -2.27. The number of carbonyl (C=O) groups is 1. The van der Waals surface area contributed by atoms with Crippen LogP contribution in [0.3, 0.4) is 0 Å². The Kier molecular flexibility index (Phi) is 3.62. The number of amides is 1. The van der Waals surface area contributed by atoms with Crippen molar-refractivity contribution >= 4 is 5.91 Å². The number of nitrogens with one attached hydrogen (secondary N) is 1. The number of hydrogen-bond donors (Lipinski definition) is 2. The third kappa shape index (κ3) is 2.85. The number of nitrogens with two attached hydrogens (primary N) is 1. The molecule has 2 aliphatic heterocycles. The Balaban J connectivity index is 1.94. The fourth-order valence-electron chi connectivity index (χ4n) is 2.23. The van der Waals surface area contributed by atoms with Gasteiger partial charge >= 0.3 is 0 Å². The first-order chi connectivity index (χ1) is 7.75. The molecular formula is C12H19N3O. The van der Waals surface area contributed by atoms with Crippen LogP contribution < -0.4 is 11.1 Å². The second-order valence-corrected chi connectivity index (χ2v) is 4.47. The van der Waals surface area contributed by atoms with E-state index in [1.165, 1.54) is 19.3 Å². The van der Waals surface area contributed by atoms with Gasteiger partial charge in [0.2, 0.25) is 5.91 Å². The van der Waals surface area contributed by atoms with E-state index < -0.39 is 0 Å². The van der Waals surface area contributed by atoms with Gasteiger partial charge in [-0.3, -0.25) is 9.69 Å². The smallest absolute Gasteiger partial charge is 0.246 e. The second kappa shape index (κ2) is 5.16. The number of hydrogen-bond acceptors (Lipinski definition) is 3. The molecule has 16 heavy (non-hydrogen) atoms. The average molecular weight is 221 g/mol. The van der Waals surface area contributed by atoms with Gasteiger partial charge in [0.1, 0.15) is 0 Å². The maximum absolute atomic E-state index is 11.1. The summed E-state index contributed by atoms with van der Waals surface area (Å²) >= 11 is 0. The summed E-state index contributed by atoms with van der Waals surface area (Å²) < 4.78 is 0. The lowest BCUT2D eigenvalue weighted by molar-refractivity contribution is -0.114. The molecule has 0 aromatic rings. The van der Waals surface area contributed by atoms with E-state index >= 15 is 0 Å². The minimum absolute atomic E-state index is 0.322. The molecule has 4 nitrogen and oxygen atoms in total. The molecule has 3 N–H and O–H groups in total. The second-order valence-electron chi connectivity index (χ2n) is 4.47. The molecule has 1 amide bonds. The molecular weight excluding hydrogens is 202 g/mol. The third-order valence-corrected chi connectivity index (χ3v) is 3.11. The molecule has 0 radical (unpaired) electrons. The monoisotopic (exact) mass is 221 g/mol. The van der Waals surface area contributed by atoms with Crippen molar-refractivity contribution in [3.8, 4) is 0 Å². The van der Waals surface area contributed by atoms with E-state index in [2.05, 4.69) is 10.2 Å². The number of carbonyl (C=O) groups excluding carboxylic acids is 1. The predicted molar refractivity (Wildman–Crippen MR) is 63.7 cm³/mol. The van der Waals surface area contributed by atoms with E-state index in [4.69, 9.17) is 5.73 Å². The Morgan fingerprint density at radius 3 is 2.81 bits per heavy atom. The van der Waals surface area contributed by atoms with E-state index in [0.29, 0.717) is 12.1 Å². The number of piperidine rings is 1. The Labute approximate surface area is 96.2 Å². The summed E-state index contributed by atoms with van der Waals surface area (Å²) in [6, 6.07) is 0. The first-order valence-electron chi connectivity index (χ1n) is 5.91. The number of rotatable bonds is 3. The summed E-state index contributed by atoms with van der Waals surface area (Å²) in [5.74, 6) is -0.322. The van der Waals surface area contributed by atoms with Gasteiger partial charge in [-0.1, -0.05) is 6.42 Å². The van der Waals surface area contributed by atoms with Gasteiger partial charge in [-0.15, -0.1) is 0 Å². The van der Waals surface area contributed by atoms with Crippen LogP contribution in [0.4, 0.5) is 0 Å². The summed E-state index contributed by atoms with van der Waals surface area (Å²) in [7, 11) is 0. The van der Waals surface area contributed by atoms with Crippen molar-refractivity contribution in [2.24, 2.45) is 5.73 Å². The van der Waals surface area contributed by atoms with Crippen molar-refractivity contribution in [3.05, 3.63) is 23.4 Å². The van der Waals surface area contributed by atoms with Crippen LogP contribution >= 0.6 is 0 Å². The normalized spacial score (nSPS) is 22.0. The van der Waals surface area contributed by atoms with Crippen LogP contribution in [0.25, 0.3) is 0 Å². The van der Waals surface area contributed by atoms with Crippen molar-refractivity contribution in [2.75, 3.05) is 26.2 Å². The zero-order valence-electron chi connectivity index (χ0n) is 9.54. The van der Waals surface area contributed by atoms with Crippen molar-refractivity contribution in [2.45, 2.75) is 19.3 Å². The predicted octanol–water partition coefficient (Wildman–Crippen LogP) is 0.371. The highest BCUT2D eigenvalue weighted by atomic mass is 16.1. The summed E-state index contributed by atoms with van der Waals surface area (Å²) in [4.78, 5) is 13.5. The summed E-state index contributed by atoms with van der Waals surface area (Å²) in [5.41, 5.74) is 7.10. The summed E-state index contributed by atoms with van der Waals surface area (Å²) in [6.45, 7) is 3.80. The number of likely N-dealkylation sites (tertiary alicyclic amines) is 1. The lowest BCUT2D eigenvalue weighted by atomic mass is 10.1. The highest BCUT2D eigenvalue weighted by Crippen LogP contribution is 2.13. The van der Waals surface area contributed by atoms with Crippen LogP contribution in [0, 0.1) is 0 Å². The molecule has 0 bridgehead atoms. The molecule has 0 unspecified atom stereocenters. The minimum Gasteiger partial charge on any atom is -0.386 e. The van der Waals surface area contributed by atoms with Crippen LogP contribution in [0.2, 0.25) is 0 Å². The Hall–Kier alpha value is -1.29. The van der Waals surface area contributed by atoms with Crippen LogP contribution in [0.15, 0.2) is 23.4 Å². The van der Waals surface area contributed by atoms with Gasteiger partial charge in [0.05, 0.1) is 0 Å². The van der Waals surface area contributed by atoms with Crippen LogP contribution in [-0.2, 0) is 4.79 Å². The van der Waals surface area contributed by atoms with Crippen molar-refractivity contribution in [1.29, 1.82) is 0 Å². The van der Waals surface area contributed by atoms with Gasteiger partial charge in [0, 0.05) is 24.9 Å². The summed E-state index contributed by atoms with van der Waals surface area (Å²) in [5, 5.41) is 3.10. The highest BCUT2D eigenvalue weighted by Gasteiger charge is 2.14. The molecule has 0 saturated carbocycles. The minimum atomic E-state index is -0.322. The first-order valence-corrected chi connectivity index (χ1v) is 5.91. The number of dihydropyridines is 1. The average Bonchev–Trinajstić information content (AvgIpc) is 2.30. The van der Waals surface area contributed by atoms with Gasteiger partial charge < -0.3 is 11.1 Å². The van der Waals surface area contributed by atoms with Crippen LogP contribution in [0.1, 0.15) is 19.3 Å². The fourth-order valence-corrected chi connectivity index (χ4v) is 2.23. The maximum atomic E-state index is 11.1. The topological polar surface area (TPSA) is 58.4 Å². The van der Waals surface area contributed by atoms with Crippen molar-refractivity contribution in [3.63, 3.8) is 0 Å². The maximum Gasteiger partial charge on any atom is 0.246 e. The molecule has 1 fully saturated rings. The highest BCUT2D eigenvalue weighted by molar-refractivity contribution is 5.93. The van der Waals surface area contributed by atoms with Gasteiger partial charge in [0.15, 0.2) is 0 Å². The van der Waals surface area contributed by atoms with E-state index in [-0.39, 0.29) is 5.91 Å². The Morgan fingerprint density at radius 2 is 2.12 bits per heavy atom. The van der Waals surface area contributed by atoms with Gasteiger partial charge in [-0.05, 0) is 37.6 Å². The summed E-state index contributed by atoms with van der Waals surface area (Å²) in [6.07, 6.45) is 7.82. The third-order valence-electron chi connectivity index (χ3n) is 3.11. The van der Waals surface area contributed by atoms with E-state index in [1.54, 1.807) is 0 Å². The molecule has 2 heterocycles. The SMILES string of the molecule is NC(=O)C1=CC(CN2CCCCC2)=CNC1. The fraction of sp³-hybridized carbons (Fsp3) is 0.583. The Morgan fingerprint density at radius 1 is 1.38 bits per heavy atom. The van der Waals surface area contributed by atoms with Gasteiger partial charge in [-0.2, -0.15) is 0 Å². The largest absolute Gasteiger partial charge is 0.386 e. The molecule has 0 atom stereocenters. The molecule has 4 heteroatoms. The van der Waals surface area contributed by atoms with E-state index in [1.807, 2.05) is 12.3 Å². The van der Waals surface area contributed by atoms with E-state index in [9.17, 15) is 4.79 Å². The quantitative estimate of drug-likeness (QED) is 0.724. The lowest BCUT2D eigenvalue weighted by Crippen LogP contribution is -2.33. The van der Waals surface area contributed by atoms with Crippen LogP contribution in [0.5, 0.6) is 0 Å². The Bertz CT molecular complexity index is 327. The number of primary amides is 1. The number of nitrogens with zero attached hydrogens (tertiary/aromatic N) is 1. The van der Waals surface area contributed by atoms with Gasteiger partial charge in [-0.25, -0.2) is 0 Å². The molecule has 2 aliphatic rings. The zero-order valence-corrected chi connectivity index (χ0v) is 9.54. The molecule has 0 spiro atoms.